The Morgan fingerprint density at radius 1 is 1.33 bits per heavy atom. The summed E-state index contributed by atoms with van der Waals surface area (Å²) < 4.78 is 1.66. The van der Waals surface area contributed by atoms with Gasteiger partial charge in [-0.3, -0.25) is 0 Å². The van der Waals surface area contributed by atoms with Crippen LogP contribution in [0.15, 0.2) is 18.2 Å². The second kappa shape index (κ2) is 5.46. The molecular weight excluding hydrogens is 272 g/mol. The first-order chi connectivity index (χ1) is 9.85. The zero-order valence-electron chi connectivity index (χ0n) is 12.4. The third-order valence-corrected chi connectivity index (χ3v) is 3.67. The number of carbonyl (C=O) groups is 1. The molecule has 6 heteroatoms. The van der Waals surface area contributed by atoms with Crippen LogP contribution in [0.3, 0.4) is 0 Å². The van der Waals surface area contributed by atoms with E-state index in [1.807, 2.05) is 13.8 Å². The lowest BCUT2D eigenvalue weighted by Gasteiger charge is -2.30. The number of hydrogen-bond acceptors (Lipinski definition) is 4. The topological polar surface area (TPSA) is 95.6 Å². The molecule has 2 rings (SSSR count). The molecule has 6 nitrogen and oxygen atoms in total. The number of hydrogen-bond donors (Lipinski definition) is 3. The van der Waals surface area contributed by atoms with E-state index in [-0.39, 0.29) is 24.7 Å². The second-order valence-electron chi connectivity index (χ2n) is 5.75. The first-order valence-electron chi connectivity index (χ1n) is 6.82. The van der Waals surface area contributed by atoms with Crippen molar-refractivity contribution in [3.63, 3.8) is 0 Å². The zero-order valence-corrected chi connectivity index (χ0v) is 12.4. The molecule has 1 aromatic carbocycles. The van der Waals surface area contributed by atoms with Crippen LogP contribution in [-0.4, -0.2) is 44.1 Å². The largest absolute Gasteiger partial charge is 0.478 e. The molecule has 0 radical (unpaired) electrons. The van der Waals surface area contributed by atoms with Gasteiger partial charge in [-0.25, -0.2) is 9.78 Å². The molecule has 0 unspecified atom stereocenters. The number of carboxylic acids is 1. The summed E-state index contributed by atoms with van der Waals surface area (Å²) in [6.07, 6.45) is 0. The van der Waals surface area contributed by atoms with Crippen molar-refractivity contribution in [2.75, 3.05) is 13.2 Å². The fraction of sp³-hybridized carbons (Fsp3) is 0.467. The van der Waals surface area contributed by atoms with Gasteiger partial charge in [0.15, 0.2) is 0 Å². The van der Waals surface area contributed by atoms with Crippen molar-refractivity contribution in [1.82, 2.24) is 9.55 Å². The number of carboxylic acid groups (broad SMARTS) is 1. The summed E-state index contributed by atoms with van der Waals surface area (Å²) >= 11 is 0. The lowest BCUT2D eigenvalue weighted by atomic mass is 10.0. The minimum atomic E-state index is -1.06. The predicted molar refractivity (Wildman–Crippen MR) is 78.6 cm³/mol. The minimum absolute atomic E-state index is 0.0245. The Labute approximate surface area is 122 Å². The Morgan fingerprint density at radius 3 is 2.43 bits per heavy atom. The molecule has 114 valence electrons. The number of nitrogens with zero attached hydrogens (tertiary/aromatic N) is 2. The fourth-order valence-electron chi connectivity index (χ4n) is 2.44. The summed E-state index contributed by atoms with van der Waals surface area (Å²) in [4.78, 5) is 16.0. The van der Waals surface area contributed by atoms with Crippen LogP contribution in [-0.2, 0) is 5.54 Å². The molecule has 1 heterocycles. The number of imidazole rings is 1. The van der Waals surface area contributed by atoms with E-state index in [0.29, 0.717) is 16.9 Å². The van der Waals surface area contributed by atoms with E-state index in [1.165, 1.54) is 6.07 Å². The predicted octanol–water partition coefficient (Wildman–Crippen LogP) is 1.56. The summed E-state index contributed by atoms with van der Waals surface area (Å²) in [7, 11) is 0. The number of benzene rings is 1. The summed E-state index contributed by atoms with van der Waals surface area (Å²) in [6.45, 7) is 4.92. The van der Waals surface area contributed by atoms with Gasteiger partial charge in [0, 0.05) is 5.92 Å². The quantitative estimate of drug-likeness (QED) is 0.777. The molecule has 0 amide bonds. The molecular formula is C15H20N2O4. The molecule has 0 atom stereocenters. The van der Waals surface area contributed by atoms with Crippen LogP contribution in [0, 0.1) is 0 Å². The summed E-state index contributed by atoms with van der Waals surface area (Å²) in [5.41, 5.74) is 0.0750. The molecule has 0 fully saturated rings. The van der Waals surface area contributed by atoms with Gasteiger partial charge >= 0.3 is 5.97 Å². The van der Waals surface area contributed by atoms with E-state index in [4.69, 9.17) is 0 Å². The number of rotatable bonds is 5. The SMILES string of the molecule is CC(C)c1nc2cccc(C(=O)O)c2n1C(C)(CO)CO. The number of aromatic carboxylic acids is 1. The highest BCUT2D eigenvalue weighted by Gasteiger charge is 2.32. The Bertz CT molecular complexity index is 672. The number of fused-ring (bicyclic) bond motifs is 1. The monoisotopic (exact) mass is 292 g/mol. The maximum atomic E-state index is 11.5. The van der Waals surface area contributed by atoms with Gasteiger partial charge in [0.25, 0.3) is 0 Å². The Kier molecular flexibility index (Phi) is 4.02. The number of para-hydroxylation sites is 1. The van der Waals surface area contributed by atoms with Crippen LogP contribution in [0.25, 0.3) is 11.0 Å². The maximum Gasteiger partial charge on any atom is 0.337 e. The van der Waals surface area contributed by atoms with E-state index in [9.17, 15) is 20.1 Å². The van der Waals surface area contributed by atoms with E-state index in [1.54, 1.807) is 23.6 Å². The molecule has 3 N–H and O–H groups in total. The number of aromatic nitrogens is 2. The van der Waals surface area contributed by atoms with Gasteiger partial charge < -0.3 is 19.9 Å². The van der Waals surface area contributed by atoms with Gasteiger partial charge in [-0.05, 0) is 19.1 Å². The fourth-order valence-corrected chi connectivity index (χ4v) is 2.44. The van der Waals surface area contributed by atoms with Crippen LogP contribution in [0.2, 0.25) is 0 Å². The van der Waals surface area contributed by atoms with Gasteiger partial charge in [-0.15, -0.1) is 0 Å². The number of aliphatic hydroxyl groups is 2. The Hall–Kier alpha value is -1.92. The van der Waals surface area contributed by atoms with Crippen LogP contribution in [0.5, 0.6) is 0 Å². The first-order valence-corrected chi connectivity index (χ1v) is 6.82. The molecule has 0 aliphatic carbocycles. The van der Waals surface area contributed by atoms with Crippen molar-refractivity contribution in [3.05, 3.63) is 29.6 Å². The molecule has 2 aromatic rings. The molecule has 0 saturated carbocycles. The smallest absolute Gasteiger partial charge is 0.337 e. The van der Waals surface area contributed by atoms with Gasteiger partial charge in [0.05, 0.1) is 35.3 Å². The third-order valence-electron chi connectivity index (χ3n) is 3.67. The van der Waals surface area contributed by atoms with Crippen molar-refractivity contribution < 1.29 is 20.1 Å². The van der Waals surface area contributed by atoms with Gasteiger partial charge in [-0.2, -0.15) is 0 Å². The zero-order chi connectivity index (χ0) is 15.8. The second-order valence-corrected chi connectivity index (χ2v) is 5.75. The van der Waals surface area contributed by atoms with E-state index >= 15 is 0 Å². The Balaban J connectivity index is 2.93. The summed E-state index contributed by atoms with van der Waals surface area (Å²) in [5.74, 6) is -0.393. The first kappa shape index (κ1) is 15.5. The highest BCUT2D eigenvalue weighted by molar-refractivity contribution is 6.01. The van der Waals surface area contributed by atoms with Crippen LogP contribution < -0.4 is 0 Å². The molecule has 1 aromatic heterocycles. The third kappa shape index (κ3) is 2.41. The molecule has 0 saturated heterocycles. The lowest BCUT2D eigenvalue weighted by Crippen LogP contribution is -2.39. The summed E-state index contributed by atoms with van der Waals surface area (Å²) in [5, 5.41) is 28.8. The van der Waals surface area contributed by atoms with E-state index < -0.39 is 11.5 Å². The number of aliphatic hydroxyl groups excluding tert-OH is 2. The average molecular weight is 292 g/mol. The Morgan fingerprint density at radius 2 is 1.95 bits per heavy atom. The van der Waals surface area contributed by atoms with Crippen LogP contribution >= 0.6 is 0 Å². The molecule has 21 heavy (non-hydrogen) atoms. The van der Waals surface area contributed by atoms with Gasteiger partial charge in [-0.1, -0.05) is 19.9 Å². The van der Waals surface area contributed by atoms with Crippen molar-refractivity contribution in [1.29, 1.82) is 0 Å². The molecule has 0 aliphatic heterocycles. The standard InChI is InChI=1S/C15H20N2O4/c1-9(2)13-16-11-6-4-5-10(14(20)21)12(11)17(13)15(3,7-18)8-19/h4-6,9,18-19H,7-8H2,1-3H3,(H,20,21). The molecule has 0 aliphatic rings. The maximum absolute atomic E-state index is 11.5. The van der Waals surface area contributed by atoms with E-state index in [2.05, 4.69) is 4.98 Å². The molecule has 0 bridgehead atoms. The van der Waals surface area contributed by atoms with Crippen LogP contribution in [0.1, 0.15) is 42.9 Å². The van der Waals surface area contributed by atoms with Gasteiger partial charge in [0.2, 0.25) is 0 Å². The molecule has 0 spiro atoms. The van der Waals surface area contributed by atoms with Crippen molar-refractivity contribution in [2.24, 2.45) is 0 Å². The van der Waals surface area contributed by atoms with Crippen molar-refractivity contribution >= 4 is 17.0 Å². The normalized spacial score (nSPS) is 12.3. The lowest BCUT2D eigenvalue weighted by molar-refractivity contribution is 0.0688. The van der Waals surface area contributed by atoms with Crippen LogP contribution in [0.4, 0.5) is 0 Å². The van der Waals surface area contributed by atoms with Crippen molar-refractivity contribution in [3.8, 4) is 0 Å². The van der Waals surface area contributed by atoms with Crippen molar-refractivity contribution in [2.45, 2.75) is 32.2 Å². The van der Waals surface area contributed by atoms with Gasteiger partial charge in [0.1, 0.15) is 5.82 Å². The minimum Gasteiger partial charge on any atom is -0.478 e. The summed E-state index contributed by atoms with van der Waals surface area (Å²) in [6, 6.07) is 4.88. The highest BCUT2D eigenvalue weighted by Crippen LogP contribution is 2.31. The van der Waals surface area contributed by atoms with E-state index in [0.717, 1.165) is 0 Å². The average Bonchev–Trinajstić information content (AvgIpc) is 2.86. The highest BCUT2D eigenvalue weighted by atomic mass is 16.4.